The van der Waals surface area contributed by atoms with E-state index in [2.05, 4.69) is 24.8 Å². The Balaban J connectivity index is 0.00000149. The molecule has 0 unspecified atom stereocenters. The van der Waals surface area contributed by atoms with E-state index in [9.17, 15) is 14.9 Å². The molecule has 0 N–H and O–H groups in total. The predicted octanol–water partition coefficient (Wildman–Crippen LogP) is 5.44. The number of carbonyl (C=O) groups is 2. The lowest BCUT2D eigenvalue weighted by Crippen LogP contribution is -2.38. The van der Waals surface area contributed by atoms with Crippen LogP contribution in [0.25, 0.3) is 0 Å². The molecule has 2 aliphatic rings. The number of nitrogens with zero attached hydrogens (tertiary/aromatic N) is 2. The molecule has 4 heteroatoms. The molecule has 1 heterocycles. The zero-order valence-electron chi connectivity index (χ0n) is 19.6. The molecule has 2 aromatic carbocycles. The standard InChI is InChI=1S/C27H24N2O2.C2H6/c1-3-9-22-21(4-2)25(30)29(26(22)31)17-16-27(18-28)23-12-7-5-10-19(23)14-15-20-11-6-8-13-24(20)27;1-2/h3-13H,2,14-17H2,1H3;1-2H3/b9-3-;. The van der Waals surface area contributed by atoms with Gasteiger partial charge in [-0.1, -0.05) is 87.2 Å². The predicted molar refractivity (Wildman–Crippen MR) is 131 cm³/mol. The number of allylic oxidation sites excluding steroid dienone is 1. The summed E-state index contributed by atoms with van der Waals surface area (Å²) in [5.41, 5.74) is 3.95. The van der Waals surface area contributed by atoms with Gasteiger partial charge in [0.15, 0.2) is 0 Å². The molecule has 1 aliphatic carbocycles. The highest BCUT2D eigenvalue weighted by atomic mass is 16.2. The van der Waals surface area contributed by atoms with Crippen molar-refractivity contribution in [2.45, 2.75) is 45.4 Å². The fourth-order valence-electron chi connectivity index (χ4n) is 4.79. The summed E-state index contributed by atoms with van der Waals surface area (Å²) in [4.78, 5) is 27.1. The maximum absolute atomic E-state index is 13.0. The first-order valence-corrected chi connectivity index (χ1v) is 11.5. The van der Waals surface area contributed by atoms with Crippen molar-refractivity contribution in [3.05, 3.63) is 107 Å². The zero-order chi connectivity index (χ0) is 24.0. The number of nitriles is 1. The van der Waals surface area contributed by atoms with Crippen molar-refractivity contribution in [2.75, 3.05) is 6.54 Å². The van der Waals surface area contributed by atoms with Crippen molar-refractivity contribution in [1.29, 1.82) is 5.26 Å². The van der Waals surface area contributed by atoms with Crippen LogP contribution in [0.1, 0.15) is 49.4 Å². The van der Waals surface area contributed by atoms with Gasteiger partial charge in [-0.15, -0.1) is 0 Å². The molecule has 168 valence electrons. The summed E-state index contributed by atoms with van der Waals surface area (Å²) < 4.78 is 0. The second-order valence-corrected chi connectivity index (χ2v) is 7.87. The van der Waals surface area contributed by atoms with E-state index in [-0.39, 0.29) is 18.4 Å². The van der Waals surface area contributed by atoms with Gasteiger partial charge in [-0.05, 0) is 48.4 Å². The Morgan fingerprint density at radius 3 is 1.97 bits per heavy atom. The van der Waals surface area contributed by atoms with Gasteiger partial charge in [-0.2, -0.15) is 5.26 Å². The van der Waals surface area contributed by atoms with E-state index in [0.717, 1.165) is 35.1 Å². The maximum atomic E-state index is 13.0. The second-order valence-electron chi connectivity index (χ2n) is 7.87. The number of fused-ring (bicyclic) bond motifs is 2. The van der Waals surface area contributed by atoms with Crippen LogP contribution in [0.4, 0.5) is 0 Å². The Labute approximate surface area is 196 Å². The minimum atomic E-state index is -0.929. The lowest BCUT2D eigenvalue weighted by molar-refractivity contribution is -0.137. The third-order valence-corrected chi connectivity index (χ3v) is 6.30. The highest BCUT2D eigenvalue weighted by Crippen LogP contribution is 2.42. The number of amides is 2. The van der Waals surface area contributed by atoms with Gasteiger partial charge >= 0.3 is 0 Å². The van der Waals surface area contributed by atoms with Crippen molar-refractivity contribution in [1.82, 2.24) is 4.90 Å². The summed E-state index contributed by atoms with van der Waals surface area (Å²) in [7, 11) is 0. The SMILES string of the molecule is C=CC1=C(/C=C\C)C(=O)N(CCC2(C#N)c3ccccc3CCc3ccccc32)C1=O.CC. The number of carbonyl (C=O) groups excluding carboxylic acids is 2. The van der Waals surface area contributed by atoms with Crippen LogP contribution in [0.3, 0.4) is 0 Å². The van der Waals surface area contributed by atoms with Crippen molar-refractivity contribution < 1.29 is 9.59 Å². The minimum Gasteiger partial charge on any atom is -0.274 e. The molecule has 0 aromatic heterocycles. The molecule has 0 radical (unpaired) electrons. The maximum Gasteiger partial charge on any atom is 0.261 e. The van der Waals surface area contributed by atoms with Gasteiger partial charge in [0.05, 0.1) is 17.2 Å². The van der Waals surface area contributed by atoms with E-state index >= 15 is 0 Å². The van der Waals surface area contributed by atoms with Crippen LogP contribution in [0.15, 0.2) is 84.5 Å². The van der Waals surface area contributed by atoms with Gasteiger partial charge in [0, 0.05) is 6.54 Å². The third kappa shape index (κ3) is 4.07. The van der Waals surface area contributed by atoms with Gasteiger partial charge in [-0.25, -0.2) is 0 Å². The summed E-state index contributed by atoms with van der Waals surface area (Å²) in [5.74, 6) is -0.683. The van der Waals surface area contributed by atoms with Crippen LogP contribution in [0.2, 0.25) is 0 Å². The lowest BCUT2D eigenvalue weighted by Gasteiger charge is -2.31. The fourth-order valence-corrected chi connectivity index (χ4v) is 4.79. The van der Waals surface area contributed by atoms with E-state index in [1.54, 1.807) is 19.1 Å². The van der Waals surface area contributed by atoms with Crippen LogP contribution < -0.4 is 0 Å². The van der Waals surface area contributed by atoms with Crippen LogP contribution in [-0.4, -0.2) is 23.3 Å². The smallest absolute Gasteiger partial charge is 0.261 e. The molecule has 4 nitrogen and oxygen atoms in total. The van der Waals surface area contributed by atoms with E-state index in [1.165, 1.54) is 11.0 Å². The number of hydrogen-bond donors (Lipinski definition) is 0. The number of benzene rings is 2. The molecule has 4 rings (SSSR count). The van der Waals surface area contributed by atoms with E-state index in [0.29, 0.717) is 17.6 Å². The van der Waals surface area contributed by atoms with Gasteiger partial charge in [-0.3, -0.25) is 14.5 Å². The molecule has 0 saturated heterocycles. The molecule has 33 heavy (non-hydrogen) atoms. The Bertz CT molecular complexity index is 1130. The van der Waals surface area contributed by atoms with Crippen molar-refractivity contribution in [3.63, 3.8) is 0 Å². The first kappa shape index (κ1) is 23.9. The number of rotatable bonds is 5. The molecule has 0 bridgehead atoms. The minimum absolute atomic E-state index is 0.159. The van der Waals surface area contributed by atoms with Gasteiger partial charge in [0.25, 0.3) is 11.8 Å². The molecular formula is C29H30N2O2. The topological polar surface area (TPSA) is 61.2 Å². The van der Waals surface area contributed by atoms with Crippen LogP contribution >= 0.6 is 0 Å². The van der Waals surface area contributed by atoms with Crippen LogP contribution in [0.5, 0.6) is 0 Å². The summed E-state index contributed by atoms with van der Waals surface area (Å²) in [6, 6.07) is 18.6. The number of imide groups is 1. The quantitative estimate of drug-likeness (QED) is 0.584. The third-order valence-electron chi connectivity index (χ3n) is 6.30. The monoisotopic (exact) mass is 438 g/mol. The summed E-state index contributed by atoms with van der Waals surface area (Å²) in [6.45, 7) is 9.67. The Morgan fingerprint density at radius 2 is 1.48 bits per heavy atom. The normalized spacial score (nSPS) is 16.5. The first-order valence-electron chi connectivity index (χ1n) is 11.5. The highest BCUT2D eigenvalue weighted by Gasteiger charge is 2.42. The summed E-state index contributed by atoms with van der Waals surface area (Å²) >= 11 is 0. The zero-order valence-corrected chi connectivity index (χ0v) is 19.6. The average molecular weight is 439 g/mol. The van der Waals surface area contributed by atoms with Gasteiger partial charge < -0.3 is 0 Å². The highest BCUT2D eigenvalue weighted by molar-refractivity contribution is 6.21. The lowest BCUT2D eigenvalue weighted by atomic mass is 9.71. The largest absolute Gasteiger partial charge is 0.274 e. The molecular weight excluding hydrogens is 408 g/mol. The fraction of sp³-hybridized carbons (Fsp3) is 0.276. The molecule has 0 fully saturated rings. The van der Waals surface area contributed by atoms with Gasteiger partial charge in [0.2, 0.25) is 0 Å². The van der Waals surface area contributed by atoms with Crippen molar-refractivity contribution >= 4 is 11.8 Å². The van der Waals surface area contributed by atoms with E-state index in [4.69, 9.17) is 0 Å². The van der Waals surface area contributed by atoms with Gasteiger partial charge in [0.1, 0.15) is 5.41 Å². The van der Waals surface area contributed by atoms with E-state index < -0.39 is 5.41 Å². The van der Waals surface area contributed by atoms with Crippen LogP contribution in [-0.2, 0) is 27.8 Å². The first-order chi connectivity index (χ1) is 16.1. The van der Waals surface area contributed by atoms with E-state index in [1.807, 2.05) is 50.2 Å². The molecule has 0 spiro atoms. The molecule has 1 aliphatic heterocycles. The summed E-state index contributed by atoms with van der Waals surface area (Å²) in [6.07, 6.45) is 6.86. The Hall–Kier alpha value is -3.71. The average Bonchev–Trinajstić information content (AvgIpc) is 3.00. The number of hydrogen-bond acceptors (Lipinski definition) is 3. The molecule has 2 aromatic rings. The Kier molecular flexibility index (Phi) is 7.45. The van der Waals surface area contributed by atoms with Crippen LogP contribution in [0, 0.1) is 11.3 Å². The molecule has 2 amide bonds. The second kappa shape index (κ2) is 10.3. The van der Waals surface area contributed by atoms with Crippen molar-refractivity contribution in [2.24, 2.45) is 0 Å². The molecule has 0 saturated carbocycles. The van der Waals surface area contributed by atoms with Crippen molar-refractivity contribution in [3.8, 4) is 6.07 Å². The number of aryl methyl sites for hydroxylation is 2. The molecule has 0 atom stereocenters. The summed E-state index contributed by atoms with van der Waals surface area (Å²) in [5, 5.41) is 10.5. The Morgan fingerprint density at radius 1 is 0.970 bits per heavy atom.